The van der Waals surface area contributed by atoms with Crippen LogP contribution in [0.3, 0.4) is 0 Å². The average Bonchev–Trinajstić information content (AvgIpc) is 2.78. The fourth-order valence-electron chi connectivity index (χ4n) is 3.78. The number of carbonyl (C=O) groups excluding carboxylic acids is 1. The number of rotatable bonds is 10. The van der Waals surface area contributed by atoms with Crippen LogP contribution in [0.5, 0.6) is 11.5 Å². The van der Waals surface area contributed by atoms with Gasteiger partial charge in [0.2, 0.25) is 0 Å². The van der Waals surface area contributed by atoms with Gasteiger partial charge < -0.3 is 19.5 Å². The minimum absolute atomic E-state index is 0.000422. The quantitative estimate of drug-likeness (QED) is 0.630. The van der Waals surface area contributed by atoms with Crippen molar-refractivity contribution in [3.8, 4) is 11.5 Å². The molecule has 0 aliphatic carbocycles. The number of carbonyl (C=O) groups is 1. The summed E-state index contributed by atoms with van der Waals surface area (Å²) < 4.78 is 17.1. The lowest BCUT2D eigenvalue weighted by Gasteiger charge is -2.31. The summed E-state index contributed by atoms with van der Waals surface area (Å²) in [4.78, 5) is 14.6. The van der Waals surface area contributed by atoms with E-state index in [9.17, 15) is 4.79 Å². The molecule has 1 aliphatic rings. The molecule has 31 heavy (non-hydrogen) atoms. The molecular formula is C25H34N2O4. The summed E-state index contributed by atoms with van der Waals surface area (Å²) in [5.74, 6) is 1.45. The number of benzene rings is 2. The van der Waals surface area contributed by atoms with Gasteiger partial charge in [0.1, 0.15) is 18.1 Å². The summed E-state index contributed by atoms with van der Waals surface area (Å²) in [5.41, 5.74) is 3.05. The van der Waals surface area contributed by atoms with E-state index in [0.29, 0.717) is 19.2 Å². The molecule has 3 rings (SSSR count). The molecule has 6 nitrogen and oxygen atoms in total. The van der Waals surface area contributed by atoms with Crippen LogP contribution in [-0.4, -0.2) is 56.9 Å². The van der Waals surface area contributed by atoms with Crippen molar-refractivity contribution in [2.24, 2.45) is 0 Å². The molecular weight excluding hydrogens is 392 g/mol. The number of hydrogen-bond acceptors (Lipinski definition) is 5. The highest BCUT2D eigenvalue weighted by Gasteiger charge is 2.18. The number of nitrogens with zero attached hydrogens (tertiary/aromatic N) is 1. The van der Waals surface area contributed by atoms with E-state index in [0.717, 1.165) is 60.8 Å². The van der Waals surface area contributed by atoms with Gasteiger partial charge in [0.05, 0.1) is 0 Å². The highest BCUT2D eigenvalue weighted by molar-refractivity contribution is 5.77. The van der Waals surface area contributed by atoms with Gasteiger partial charge in [-0.25, -0.2) is 0 Å². The third-order valence-corrected chi connectivity index (χ3v) is 5.67. The number of amides is 1. The molecule has 1 aliphatic heterocycles. The minimum Gasteiger partial charge on any atom is -0.492 e. The van der Waals surface area contributed by atoms with Gasteiger partial charge in [0.15, 0.2) is 6.61 Å². The Morgan fingerprint density at radius 2 is 1.81 bits per heavy atom. The highest BCUT2D eigenvalue weighted by atomic mass is 16.5. The van der Waals surface area contributed by atoms with Gasteiger partial charge in [0.25, 0.3) is 5.91 Å². The Morgan fingerprint density at radius 1 is 1.10 bits per heavy atom. The zero-order valence-corrected chi connectivity index (χ0v) is 18.9. The average molecular weight is 427 g/mol. The van der Waals surface area contributed by atoms with E-state index in [-0.39, 0.29) is 12.5 Å². The van der Waals surface area contributed by atoms with E-state index in [2.05, 4.69) is 17.3 Å². The SMILES string of the molecule is Cc1cccc(C)c1OCC(=O)NCc1cccc(OCCN(C)C2CCOCC2)c1. The lowest BCUT2D eigenvalue weighted by molar-refractivity contribution is -0.123. The Balaban J connectivity index is 1.40. The highest BCUT2D eigenvalue weighted by Crippen LogP contribution is 2.22. The molecule has 1 saturated heterocycles. The Kier molecular flexibility index (Phi) is 8.74. The van der Waals surface area contributed by atoms with Crippen molar-refractivity contribution in [2.75, 3.05) is 40.0 Å². The first-order valence-electron chi connectivity index (χ1n) is 11.0. The van der Waals surface area contributed by atoms with Gasteiger partial charge in [-0.3, -0.25) is 9.69 Å². The first kappa shape index (κ1) is 23.1. The third-order valence-electron chi connectivity index (χ3n) is 5.67. The van der Waals surface area contributed by atoms with Crippen molar-refractivity contribution in [1.29, 1.82) is 0 Å². The summed E-state index contributed by atoms with van der Waals surface area (Å²) in [5, 5.41) is 2.91. The molecule has 0 saturated carbocycles. The molecule has 0 spiro atoms. The molecule has 2 aromatic rings. The number of para-hydroxylation sites is 1. The minimum atomic E-state index is -0.146. The molecule has 6 heteroatoms. The first-order valence-corrected chi connectivity index (χ1v) is 11.0. The normalized spacial score (nSPS) is 14.5. The maximum atomic E-state index is 12.2. The molecule has 1 heterocycles. The Morgan fingerprint density at radius 3 is 2.55 bits per heavy atom. The molecule has 1 amide bonds. The van der Waals surface area contributed by atoms with Crippen molar-refractivity contribution in [2.45, 2.75) is 39.3 Å². The van der Waals surface area contributed by atoms with Crippen LogP contribution in [0, 0.1) is 13.8 Å². The first-order chi connectivity index (χ1) is 15.0. The van der Waals surface area contributed by atoms with Gasteiger partial charge in [-0.15, -0.1) is 0 Å². The van der Waals surface area contributed by atoms with E-state index < -0.39 is 0 Å². The molecule has 0 aromatic heterocycles. The zero-order chi connectivity index (χ0) is 22.1. The third kappa shape index (κ3) is 7.26. The van der Waals surface area contributed by atoms with Gasteiger partial charge in [-0.1, -0.05) is 30.3 Å². The molecule has 1 fully saturated rings. The summed E-state index contributed by atoms with van der Waals surface area (Å²) >= 11 is 0. The molecule has 0 unspecified atom stereocenters. The van der Waals surface area contributed by atoms with Crippen LogP contribution < -0.4 is 14.8 Å². The summed E-state index contributed by atoms with van der Waals surface area (Å²) in [6.45, 7) is 7.60. The monoisotopic (exact) mass is 426 g/mol. The predicted octanol–water partition coefficient (Wildman–Crippen LogP) is 3.49. The van der Waals surface area contributed by atoms with E-state index >= 15 is 0 Å². The lowest BCUT2D eigenvalue weighted by Crippen LogP contribution is -2.38. The van der Waals surface area contributed by atoms with Gasteiger partial charge in [-0.05, 0) is 62.6 Å². The summed E-state index contributed by atoms with van der Waals surface area (Å²) in [7, 11) is 2.14. The van der Waals surface area contributed by atoms with Crippen molar-refractivity contribution in [3.63, 3.8) is 0 Å². The van der Waals surface area contributed by atoms with Gasteiger partial charge >= 0.3 is 0 Å². The number of hydrogen-bond donors (Lipinski definition) is 1. The second kappa shape index (κ2) is 11.7. The maximum Gasteiger partial charge on any atom is 0.258 e. The van der Waals surface area contributed by atoms with E-state index in [1.165, 1.54) is 0 Å². The van der Waals surface area contributed by atoms with Crippen molar-refractivity contribution in [1.82, 2.24) is 10.2 Å². The molecule has 168 valence electrons. The standard InChI is InChI=1S/C25H34N2O4/c1-19-6-4-7-20(2)25(19)31-18-24(28)26-17-21-8-5-9-23(16-21)30-15-12-27(3)22-10-13-29-14-11-22/h4-9,16,22H,10-15,17-18H2,1-3H3,(H,26,28). The van der Waals surface area contributed by atoms with Gasteiger partial charge in [0, 0.05) is 32.3 Å². The summed E-state index contributed by atoms with van der Waals surface area (Å²) in [6.07, 6.45) is 2.16. The van der Waals surface area contributed by atoms with Crippen LogP contribution in [0.1, 0.15) is 29.5 Å². The van der Waals surface area contributed by atoms with Crippen LogP contribution in [0.4, 0.5) is 0 Å². The molecule has 0 radical (unpaired) electrons. The van der Waals surface area contributed by atoms with Crippen LogP contribution in [0.2, 0.25) is 0 Å². The van der Waals surface area contributed by atoms with E-state index in [4.69, 9.17) is 14.2 Å². The smallest absolute Gasteiger partial charge is 0.258 e. The van der Waals surface area contributed by atoms with Gasteiger partial charge in [-0.2, -0.15) is 0 Å². The second-order valence-electron chi connectivity index (χ2n) is 8.11. The topological polar surface area (TPSA) is 60.0 Å². The summed E-state index contributed by atoms with van der Waals surface area (Å²) in [6, 6.07) is 14.4. The zero-order valence-electron chi connectivity index (χ0n) is 18.9. The molecule has 1 N–H and O–H groups in total. The fourth-order valence-corrected chi connectivity index (χ4v) is 3.78. The molecule has 0 bridgehead atoms. The Labute approximate surface area is 185 Å². The number of ether oxygens (including phenoxy) is 3. The van der Waals surface area contributed by atoms with Crippen molar-refractivity contribution in [3.05, 3.63) is 59.2 Å². The lowest BCUT2D eigenvalue weighted by atomic mass is 10.1. The predicted molar refractivity (Wildman–Crippen MR) is 122 cm³/mol. The number of aryl methyl sites for hydroxylation is 2. The second-order valence-corrected chi connectivity index (χ2v) is 8.11. The number of nitrogens with one attached hydrogen (secondary N) is 1. The Hall–Kier alpha value is -2.57. The Bertz CT molecular complexity index is 829. The molecule has 0 atom stereocenters. The largest absolute Gasteiger partial charge is 0.492 e. The number of likely N-dealkylation sites (N-methyl/N-ethyl adjacent to an activating group) is 1. The maximum absolute atomic E-state index is 12.2. The van der Waals surface area contributed by atoms with Crippen LogP contribution in [-0.2, 0) is 16.1 Å². The van der Waals surface area contributed by atoms with Crippen molar-refractivity contribution >= 4 is 5.91 Å². The van der Waals surface area contributed by atoms with E-state index in [1.807, 2.05) is 56.3 Å². The van der Waals surface area contributed by atoms with Crippen molar-refractivity contribution < 1.29 is 19.0 Å². The van der Waals surface area contributed by atoms with Crippen LogP contribution in [0.15, 0.2) is 42.5 Å². The van der Waals surface area contributed by atoms with E-state index in [1.54, 1.807) is 0 Å². The fraction of sp³-hybridized carbons (Fsp3) is 0.480. The van der Waals surface area contributed by atoms with Crippen LogP contribution >= 0.6 is 0 Å². The molecule has 2 aromatic carbocycles. The van der Waals surface area contributed by atoms with Crippen LogP contribution in [0.25, 0.3) is 0 Å².